The van der Waals surface area contributed by atoms with E-state index in [0.717, 1.165) is 5.69 Å². The van der Waals surface area contributed by atoms with Crippen LogP contribution in [0.15, 0.2) is 121 Å². The van der Waals surface area contributed by atoms with Gasteiger partial charge in [-0.3, -0.25) is 4.98 Å². The molecule has 3 unspecified atom stereocenters. The van der Waals surface area contributed by atoms with Crippen LogP contribution in [0.25, 0.3) is 22.3 Å². The molecule has 0 N–H and O–H groups in total. The third-order valence-electron chi connectivity index (χ3n) is 11.3. The molecule has 2 nitrogen and oxygen atoms in total. The number of aromatic nitrogens is 1. The van der Waals surface area contributed by atoms with Crippen molar-refractivity contribution in [1.29, 1.82) is 0 Å². The maximum Gasteiger partial charge on any atom is 0.0645 e. The highest BCUT2D eigenvalue weighted by Crippen LogP contribution is 2.64. The fourth-order valence-electron chi connectivity index (χ4n) is 9.54. The first-order valence-corrected chi connectivity index (χ1v) is 15.9. The van der Waals surface area contributed by atoms with E-state index in [4.69, 9.17) is 0 Å². The molecule has 43 heavy (non-hydrogen) atoms. The van der Waals surface area contributed by atoms with Gasteiger partial charge < -0.3 is 4.90 Å². The van der Waals surface area contributed by atoms with Gasteiger partial charge in [-0.25, -0.2) is 0 Å². The van der Waals surface area contributed by atoms with Gasteiger partial charge >= 0.3 is 0 Å². The summed E-state index contributed by atoms with van der Waals surface area (Å²) in [5, 5.41) is 0. The van der Waals surface area contributed by atoms with Crippen LogP contribution in [0.4, 0.5) is 17.1 Å². The zero-order valence-corrected chi connectivity index (χ0v) is 25.1. The van der Waals surface area contributed by atoms with Crippen molar-refractivity contribution in [2.75, 3.05) is 4.90 Å². The number of hydrogen-bond acceptors (Lipinski definition) is 2. The summed E-state index contributed by atoms with van der Waals surface area (Å²) < 4.78 is 0. The third kappa shape index (κ3) is 3.22. The van der Waals surface area contributed by atoms with Gasteiger partial charge in [0, 0.05) is 28.3 Å². The maximum atomic E-state index is 4.61. The molecule has 1 fully saturated rings. The van der Waals surface area contributed by atoms with E-state index < -0.39 is 0 Å². The average Bonchev–Trinajstić information content (AvgIpc) is 3.65. The molecule has 210 valence electrons. The molecule has 2 bridgehead atoms. The first kappa shape index (κ1) is 25.1. The molecule has 0 radical (unpaired) electrons. The van der Waals surface area contributed by atoms with E-state index in [-0.39, 0.29) is 10.8 Å². The molecule has 4 aromatic carbocycles. The standard InChI is InChI=1S/C41H36N2/c1-26-22-27-17-18-28(23-27)41(26)35-14-7-4-11-31(35)32-20-19-29(24-37(32)41)43(30-10-9-21-42-25-30)38-16-8-15-36-39(38)33-12-5-6-13-34(33)40(36,2)3/h4-17,19-21,24-26,28H,18,22-23H2,1-3H3. The second-order valence-corrected chi connectivity index (χ2v) is 13.7. The second-order valence-electron chi connectivity index (χ2n) is 13.7. The van der Waals surface area contributed by atoms with E-state index in [2.05, 4.69) is 134 Å². The molecule has 0 amide bonds. The predicted octanol–water partition coefficient (Wildman–Crippen LogP) is 10.5. The number of pyridine rings is 1. The van der Waals surface area contributed by atoms with Crippen molar-refractivity contribution in [3.05, 3.63) is 143 Å². The topological polar surface area (TPSA) is 16.1 Å². The smallest absolute Gasteiger partial charge is 0.0645 e. The van der Waals surface area contributed by atoms with E-state index >= 15 is 0 Å². The van der Waals surface area contributed by atoms with Crippen LogP contribution in [0, 0.1) is 11.8 Å². The Bertz CT molecular complexity index is 1970. The zero-order chi connectivity index (χ0) is 28.9. The summed E-state index contributed by atoms with van der Waals surface area (Å²) in [7, 11) is 0. The largest absolute Gasteiger partial charge is 0.308 e. The van der Waals surface area contributed by atoms with E-state index in [1.807, 2.05) is 12.4 Å². The van der Waals surface area contributed by atoms with Gasteiger partial charge in [0.2, 0.25) is 0 Å². The molecular weight excluding hydrogens is 520 g/mol. The molecule has 1 aromatic heterocycles. The van der Waals surface area contributed by atoms with Crippen molar-refractivity contribution in [3.63, 3.8) is 0 Å². The SMILES string of the molecule is CC1CC2=CCC(C2)C12c1ccccc1-c1ccc(N(c3cccnc3)c3cccc4c3-c3ccccc3C4(C)C)cc12. The Labute approximate surface area is 254 Å². The quantitative estimate of drug-likeness (QED) is 0.206. The lowest BCUT2D eigenvalue weighted by atomic mass is 9.56. The summed E-state index contributed by atoms with van der Waals surface area (Å²) in [5.74, 6) is 1.17. The highest BCUT2D eigenvalue weighted by atomic mass is 15.2. The third-order valence-corrected chi connectivity index (χ3v) is 11.3. The molecular formula is C41H36N2. The van der Waals surface area contributed by atoms with Gasteiger partial charge in [0.05, 0.1) is 17.6 Å². The van der Waals surface area contributed by atoms with Crippen LogP contribution < -0.4 is 4.90 Å². The monoisotopic (exact) mass is 556 g/mol. The summed E-state index contributed by atoms with van der Waals surface area (Å²) in [5.41, 5.74) is 16.5. The van der Waals surface area contributed by atoms with Crippen LogP contribution in [0.1, 0.15) is 62.3 Å². The molecule has 3 atom stereocenters. The first-order valence-electron chi connectivity index (χ1n) is 15.9. The minimum absolute atomic E-state index is 0.0340. The Morgan fingerprint density at radius 1 is 0.698 bits per heavy atom. The van der Waals surface area contributed by atoms with Crippen molar-refractivity contribution >= 4 is 17.1 Å². The number of benzene rings is 4. The van der Waals surface area contributed by atoms with Gasteiger partial charge in [-0.15, -0.1) is 0 Å². The van der Waals surface area contributed by atoms with Crippen molar-refractivity contribution in [2.45, 2.75) is 50.9 Å². The van der Waals surface area contributed by atoms with Crippen molar-refractivity contribution in [3.8, 4) is 22.3 Å². The number of nitrogens with zero attached hydrogens (tertiary/aromatic N) is 2. The van der Waals surface area contributed by atoms with Crippen LogP contribution in [0.5, 0.6) is 0 Å². The Hall–Kier alpha value is -4.43. The highest BCUT2D eigenvalue weighted by molar-refractivity contribution is 5.95. The number of hydrogen-bond donors (Lipinski definition) is 0. The molecule has 2 heteroatoms. The van der Waals surface area contributed by atoms with E-state index in [0.29, 0.717) is 11.8 Å². The second kappa shape index (κ2) is 8.80. The number of fused-ring (bicyclic) bond motifs is 11. The van der Waals surface area contributed by atoms with Crippen LogP contribution in [-0.2, 0) is 10.8 Å². The van der Waals surface area contributed by atoms with Gasteiger partial charge in [0.1, 0.15) is 0 Å². The van der Waals surface area contributed by atoms with Gasteiger partial charge in [-0.05, 0) is 100 Å². The van der Waals surface area contributed by atoms with Crippen molar-refractivity contribution in [2.24, 2.45) is 11.8 Å². The van der Waals surface area contributed by atoms with Crippen molar-refractivity contribution in [1.82, 2.24) is 4.98 Å². The zero-order valence-electron chi connectivity index (χ0n) is 25.1. The predicted molar refractivity (Wildman–Crippen MR) is 177 cm³/mol. The lowest BCUT2D eigenvalue weighted by molar-refractivity contribution is 0.211. The number of allylic oxidation sites excluding steroid dienone is 2. The van der Waals surface area contributed by atoms with Gasteiger partial charge in [-0.1, -0.05) is 99.2 Å². The molecule has 1 spiro atoms. The number of rotatable bonds is 3. The van der Waals surface area contributed by atoms with Gasteiger partial charge in [-0.2, -0.15) is 0 Å². The minimum atomic E-state index is -0.0586. The van der Waals surface area contributed by atoms with E-state index in [1.54, 1.807) is 11.1 Å². The van der Waals surface area contributed by atoms with Crippen molar-refractivity contribution < 1.29 is 0 Å². The Morgan fingerprint density at radius 2 is 1.47 bits per heavy atom. The summed E-state index contributed by atoms with van der Waals surface area (Å²) in [4.78, 5) is 7.07. The minimum Gasteiger partial charge on any atom is -0.308 e. The summed E-state index contributed by atoms with van der Waals surface area (Å²) >= 11 is 0. The van der Waals surface area contributed by atoms with Crippen LogP contribution in [-0.4, -0.2) is 4.98 Å². The summed E-state index contributed by atoms with van der Waals surface area (Å²) in [6.45, 7) is 7.23. The van der Waals surface area contributed by atoms with Crippen LogP contribution in [0.2, 0.25) is 0 Å². The normalized spacial score (nSPS) is 23.4. The number of anilines is 3. The molecule has 1 heterocycles. The lowest BCUT2D eigenvalue weighted by Gasteiger charge is -2.46. The fourth-order valence-corrected chi connectivity index (χ4v) is 9.54. The summed E-state index contributed by atoms with van der Waals surface area (Å²) in [6.07, 6.45) is 10.0. The first-order chi connectivity index (χ1) is 21.0. The highest BCUT2D eigenvalue weighted by Gasteiger charge is 2.55. The van der Waals surface area contributed by atoms with Crippen LogP contribution >= 0.6 is 0 Å². The Morgan fingerprint density at radius 3 is 2.30 bits per heavy atom. The molecule has 5 aromatic rings. The maximum absolute atomic E-state index is 4.61. The molecule has 4 aliphatic rings. The van der Waals surface area contributed by atoms with Crippen LogP contribution in [0.3, 0.4) is 0 Å². The Balaban J connectivity index is 1.31. The molecule has 0 saturated heterocycles. The average molecular weight is 557 g/mol. The van der Waals surface area contributed by atoms with E-state index in [9.17, 15) is 0 Å². The lowest BCUT2D eigenvalue weighted by Crippen LogP contribution is -2.42. The molecule has 0 aliphatic heterocycles. The Kier molecular flexibility index (Phi) is 5.14. The molecule has 4 aliphatic carbocycles. The van der Waals surface area contributed by atoms with Gasteiger partial charge in [0.15, 0.2) is 0 Å². The van der Waals surface area contributed by atoms with Gasteiger partial charge in [0.25, 0.3) is 0 Å². The summed E-state index contributed by atoms with van der Waals surface area (Å²) in [6, 6.07) is 36.7. The fraction of sp³-hybridized carbons (Fsp3) is 0.244. The van der Waals surface area contributed by atoms with E-state index in [1.165, 1.54) is 69.6 Å². The molecule has 9 rings (SSSR count). The molecule has 1 saturated carbocycles.